The summed E-state index contributed by atoms with van der Waals surface area (Å²) in [6.07, 6.45) is 2.33. The molecule has 0 amide bonds. The highest BCUT2D eigenvalue weighted by atomic mass is 32.2. The van der Waals surface area contributed by atoms with E-state index in [2.05, 4.69) is 40.6 Å². The summed E-state index contributed by atoms with van der Waals surface area (Å²) < 4.78 is 1.20. The number of thioether (sulfide) groups is 2. The number of Topliss-reactive ketones (excluding diaryl/α,β-unsaturated/α-hetero) is 1. The summed E-state index contributed by atoms with van der Waals surface area (Å²) >= 11 is 5.25. The number of thiazole rings is 1. The highest BCUT2D eigenvalue weighted by Crippen LogP contribution is 2.50. The monoisotopic (exact) mass is 387 g/mol. The third kappa shape index (κ3) is 2.55. The van der Waals surface area contributed by atoms with Crippen molar-refractivity contribution >= 4 is 61.6 Å². The summed E-state index contributed by atoms with van der Waals surface area (Å²) in [5.41, 5.74) is 3.76. The summed E-state index contributed by atoms with van der Waals surface area (Å²) in [5, 5.41) is 4.62. The number of rotatable bonds is 2. The van der Waals surface area contributed by atoms with Gasteiger partial charge in [0.2, 0.25) is 0 Å². The van der Waals surface area contributed by atoms with Gasteiger partial charge in [-0.1, -0.05) is 6.08 Å². The maximum Gasteiger partial charge on any atom is 0.155 e. The van der Waals surface area contributed by atoms with E-state index in [0.717, 1.165) is 27.9 Å². The largest absolute Gasteiger partial charge is 0.374 e. The number of anilines is 1. The Labute approximate surface area is 158 Å². The molecule has 1 aromatic carbocycles. The van der Waals surface area contributed by atoms with Crippen molar-refractivity contribution in [1.29, 1.82) is 0 Å². The number of hydrogen-bond acceptors (Lipinski definition) is 7. The van der Waals surface area contributed by atoms with Crippen LogP contribution >= 0.6 is 34.9 Å². The van der Waals surface area contributed by atoms with E-state index in [9.17, 15) is 4.79 Å². The van der Waals surface area contributed by atoms with Gasteiger partial charge in [0.25, 0.3) is 0 Å². The van der Waals surface area contributed by atoms with Gasteiger partial charge in [0.05, 0.1) is 10.2 Å². The molecule has 0 saturated heterocycles. The standard InChI is InChI=1S/C18H17N3OS3/c1-9(22)13-8-24-17(20-13)18-19-12-5-11-14(6-15(12)25-18)21(2)7-10-3-4-23-16(10)11/h3-6,10,13,16H,7-8H2,1-2H3/t10?,13-,16?/m1/s1. The van der Waals surface area contributed by atoms with Gasteiger partial charge in [-0.05, 0) is 30.0 Å². The summed E-state index contributed by atoms with van der Waals surface area (Å²) in [4.78, 5) is 23.3. The number of aliphatic imine (C=N–C) groups is 1. The normalized spacial score (nSPS) is 27.5. The van der Waals surface area contributed by atoms with Crippen molar-refractivity contribution < 1.29 is 4.79 Å². The molecule has 0 spiro atoms. The molecule has 7 heteroatoms. The smallest absolute Gasteiger partial charge is 0.155 e. The number of nitrogens with zero attached hydrogens (tertiary/aromatic N) is 3. The van der Waals surface area contributed by atoms with Crippen LogP contribution in [0.2, 0.25) is 0 Å². The van der Waals surface area contributed by atoms with Crippen LogP contribution in [0, 0.1) is 5.92 Å². The molecule has 1 aromatic heterocycles. The number of ketones is 1. The number of hydrogen-bond donors (Lipinski definition) is 0. The first kappa shape index (κ1) is 15.9. The number of aromatic nitrogens is 1. The van der Waals surface area contributed by atoms with Crippen molar-refractivity contribution in [3.05, 3.63) is 34.2 Å². The van der Waals surface area contributed by atoms with Gasteiger partial charge >= 0.3 is 0 Å². The number of fused-ring (bicyclic) bond motifs is 4. The van der Waals surface area contributed by atoms with Crippen LogP contribution in [0.4, 0.5) is 5.69 Å². The Morgan fingerprint density at radius 2 is 2.24 bits per heavy atom. The van der Waals surface area contributed by atoms with Crippen LogP contribution in [0.1, 0.15) is 22.7 Å². The molecule has 0 aliphatic carbocycles. The van der Waals surface area contributed by atoms with Crippen molar-refractivity contribution in [3.63, 3.8) is 0 Å². The van der Waals surface area contributed by atoms with Gasteiger partial charge in [-0.25, -0.2) is 4.98 Å². The first-order chi connectivity index (χ1) is 12.1. The molecule has 3 aliphatic rings. The lowest BCUT2D eigenvalue weighted by Gasteiger charge is -2.35. The molecule has 2 unspecified atom stereocenters. The molecule has 0 bridgehead atoms. The molecule has 128 valence electrons. The predicted octanol–water partition coefficient (Wildman–Crippen LogP) is 4.11. The molecular weight excluding hydrogens is 370 g/mol. The Bertz CT molecular complexity index is 948. The van der Waals surface area contributed by atoms with Crippen LogP contribution < -0.4 is 4.90 Å². The maximum atomic E-state index is 11.6. The molecule has 2 aromatic rings. The Kier molecular flexibility index (Phi) is 3.73. The van der Waals surface area contributed by atoms with Gasteiger partial charge in [0.1, 0.15) is 16.1 Å². The molecule has 4 nitrogen and oxygen atoms in total. The summed E-state index contributed by atoms with van der Waals surface area (Å²) in [6, 6.07) is 4.34. The van der Waals surface area contributed by atoms with Crippen LogP contribution in [0.3, 0.4) is 0 Å². The molecule has 3 aliphatic heterocycles. The second kappa shape index (κ2) is 5.86. The fourth-order valence-corrected chi connectivity index (χ4v) is 6.98. The molecule has 0 N–H and O–H groups in total. The quantitative estimate of drug-likeness (QED) is 0.776. The zero-order valence-electron chi connectivity index (χ0n) is 13.9. The molecule has 0 radical (unpaired) electrons. The predicted molar refractivity (Wildman–Crippen MR) is 109 cm³/mol. The second-order valence-electron chi connectivity index (χ2n) is 6.70. The summed E-state index contributed by atoms with van der Waals surface area (Å²) in [5.74, 6) is 1.47. The minimum atomic E-state index is -0.201. The van der Waals surface area contributed by atoms with E-state index in [0.29, 0.717) is 11.2 Å². The number of carbonyl (C=O) groups excluding carboxylic acids is 1. The molecule has 0 fully saturated rings. The summed E-state index contributed by atoms with van der Waals surface area (Å²) in [6.45, 7) is 2.69. The minimum absolute atomic E-state index is 0.137. The van der Waals surface area contributed by atoms with Crippen molar-refractivity contribution in [2.75, 3.05) is 24.2 Å². The lowest BCUT2D eigenvalue weighted by molar-refractivity contribution is -0.117. The van der Waals surface area contributed by atoms with Crippen molar-refractivity contribution in [2.45, 2.75) is 18.2 Å². The van der Waals surface area contributed by atoms with Gasteiger partial charge < -0.3 is 4.90 Å². The fraction of sp³-hybridized carbons (Fsp3) is 0.389. The van der Waals surface area contributed by atoms with Crippen molar-refractivity contribution in [3.8, 4) is 0 Å². The zero-order valence-corrected chi connectivity index (χ0v) is 16.4. The van der Waals surface area contributed by atoms with Gasteiger partial charge in [0.15, 0.2) is 5.78 Å². The molecule has 5 rings (SSSR count). The van der Waals surface area contributed by atoms with E-state index < -0.39 is 0 Å². The van der Waals surface area contributed by atoms with E-state index in [1.807, 2.05) is 11.8 Å². The van der Waals surface area contributed by atoms with Gasteiger partial charge in [-0.2, -0.15) is 0 Å². The molecule has 25 heavy (non-hydrogen) atoms. The number of benzene rings is 1. The second-order valence-corrected chi connectivity index (χ2v) is 9.79. The third-order valence-electron chi connectivity index (χ3n) is 4.98. The number of carbonyl (C=O) groups is 1. The average molecular weight is 388 g/mol. The van der Waals surface area contributed by atoms with E-state index in [4.69, 9.17) is 4.98 Å². The molecule has 0 saturated carbocycles. The van der Waals surface area contributed by atoms with E-state index >= 15 is 0 Å². The van der Waals surface area contributed by atoms with Crippen LogP contribution in [-0.4, -0.2) is 41.2 Å². The van der Waals surface area contributed by atoms with Gasteiger partial charge in [-0.3, -0.25) is 9.79 Å². The zero-order chi connectivity index (χ0) is 17.1. The molecule has 4 heterocycles. The SMILES string of the molecule is CC(=O)[C@H]1CSC(c2nc3cc4c(cc3s2)N(C)CC2C=CSC42)=N1. The highest BCUT2D eigenvalue weighted by molar-refractivity contribution is 8.15. The van der Waals surface area contributed by atoms with E-state index in [1.165, 1.54) is 16.0 Å². The first-order valence-corrected chi connectivity index (χ1v) is 11.0. The maximum absolute atomic E-state index is 11.6. The minimum Gasteiger partial charge on any atom is -0.374 e. The van der Waals surface area contributed by atoms with Gasteiger partial charge in [0, 0.05) is 36.2 Å². The Hall–Kier alpha value is -1.31. The molecular formula is C18H17N3OS3. The average Bonchev–Trinajstić information content (AvgIpc) is 3.31. The van der Waals surface area contributed by atoms with Crippen molar-refractivity contribution in [2.24, 2.45) is 10.9 Å². The lowest BCUT2D eigenvalue weighted by atomic mass is 9.92. The van der Waals surface area contributed by atoms with E-state index in [1.54, 1.807) is 30.0 Å². The van der Waals surface area contributed by atoms with Crippen LogP contribution in [0.25, 0.3) is 10.2 Å². The molecule has 3 atom stereocenters. The van der Waals surface area contributed by atoms with Crippen LogP contribution in [0.15, 0.2) is 28.6 Å². The summed E-state index contributed by atoms with van der Waals surface area (Å²) in [7, 11) is 2.17. The fourth-order valence-electron chi connectivity index (χ4n) is 3.64. The Morgan fingerprint density at radius 1 is 1.36 bits per heavy atom. The van der Waals surface area contributed by atoms with Crippen LogP contribution in [0.5, 0.6) is 0 Å². The van der Waals surface area contributed by atoms with E-state index in [-0.39, 0.29) is 11.8 Å². The topological polar surface area (TPSA) is 45.6 Å². The first-order valence-electron chi connectivity index (χ1n) is 8.29. The Balaban J connectivity index is 1.58. The third-order valence-corrected chi connectivity index (χ3v) is 8.40. The highest BCUT2D eigenvalue weighted by Gasteiger charge is 2.34. The van der Waals surface area contributed by atoms with Gasteiger partial charge in [-0.15, -0.1) is 34.9 Å². The van der Waals surface area contributed by atoms with Crippen molar-refractivity contribution in [1.82, 2.24) is 4.98 Å². The van der Waals surface area contributed by atoms with Crippen LogP contribution in [-0.2, 0) is 4.79 Å². The lowest BCUT2D eigenvalue weighted by Crippen LogP contribution is -2.31. The Morgan fingerprint density at radius 3 is 3.04 bits per heavy atom.